The molecule has 5 nitrogen and oxygen atoms in total. The molecule has 1 heterocycles. The number of nitrogens with two attached hydrogens (primary N) is 1. The van der Waals surface area contributed by atoms with Crippen LogP contribution in [0.3, 0.4) is 0 Å². The average molecular weight is 332 g/mol. The van der Waals surface area contributed by atoms with E-state index < -0.39 is 10.0 Å². The highest BCUT2D eigenvalue weighted by Gasteiger charge is 2.26. The third-order valence-corrected chi connectivity index (χ3v) is 5.72. The molecule has 0 aliphatic carbocycles. The van der Waals surface area contributed by atoms with E-state index in [1.807, 2.05) is 30.3 Å². The molecule has 0 bridgehead atoms. The number of benzene rings is 2. The van der Waals surface area contributed by atoms with E-state index in [9.17, 15) is 8.42 Å². The molecule has 2 aromatic rings. The van der Waals surface area contributed by atoms with Gasteiger partial charge in [-0.05, 0) is 29.3 Å². The largest absolute Gasteiger partial charge is 0.493 e. The molecular weight excluding hydrogens is 312 g/mol. The minimum absolute atomic E-state index is 0.278. The second-order valence-corrected chi connectivity index (χ2v) is 7.42. The topological polar surface area (TPSA) is 72.6 Å². The Bertz CT molecular complexity index is 776. The standard InChI is InChI=1S/C17H20N2O3S/c18-9-10-19(13-14-4-2-1-3-5-14)23(20,21)16-6-7-17-15(12-16)8-11-22-17/h1-7,12H,8-11,13,18H2. The van der Waals surface area contributed by atoms with E-state index in [0.717, 1.165) is 23.3 Å². The molecule has 2 aromatic carbocycles. The van der Waals surface area contributed by atoms with Crippen molar-refractivity contribution in [2.75, 3.05) is 19.7 Å². The van der Waals surface area contributed by atoms with Crippen LogP contribution in [0.25, 0.3) is 0 Å². The summed E-state index contributed by atoms with van der Waals surface area (Å²) in [5.74, 6) is 0.775. The molecule has 0 saturated heterocycles. The van der Waals surface area contributed by atoms with Gasteiger partial charge in [-0.3, -0.25) is 0 Å². The lowest BCUT2D eigenvalue weighted by molar-refractivity contribution is 0.356. The van der Waals surface area contributed by atoms with E-state index in [2.05, 4.69) is 0 Å². The normalized spacial score (nSPS) is 13.8. The van der Waals surface area contributed by atoms with Crippen molar-refractivity contribution >= 4 is 10.0 Å². The molecule has 122 valence electrons. The third kappa shape index (κ3) is 3.39. The van der Waals surface area contributed by atoms with Gasteiger partial charge in [-0.2, -0.15) is 4.31 Å². The van der Waals surface area contributed by atoms with Crippen LogP contribution in [0.2, 0.25) is 0 Å². The van der Waals surface area contributed by atoms with Gasteiger partial charge < -0.3 is 10.5 Å². The maximum Gasteiger partial charge on any atom is 0.243 e. The van der Waals surface area contributed by atoms with Crippen LogP contribution >= 0.6 is 0 Å². The molecule has 0 atom stereocenters. The van der Waals surface area contributed by atoms with Crippen LogP contribution < -0.4 is 10.5 Å². The summed E-state index contributed by atoms with van der Waals surface area (Å²) in [6, 6.07) is 14.6. The van der Waals surface area contributed by atoms with Gasteiger partial charge >= 0.3 is 0 Å². The first-order chi connectivity index (χ1) is 11.1. The SMILES string of the molecule is NCCN(Cc1ccccc1)S(=O)(=O)c1ccc2c(c1)CCO2. The Balaban J connectivity index is 1.91. The van der Waals surface area contributed by atoms with Gasteiger partial charge in [0.2, 0.25) is 10.0 Å². The van der Waals surface area contributed by atoms with E-state index in [4.69, 9.17) is 10.5 Å². The van der Waals surface area contributed by atoms with Gasteiger partial charge in [-0.15, -0.1) is 0 Å². The van der Waals surface area contributed by atoms with Crippen molar-refractivity contribution in [1.29, 1.82) is 0 Å². The van der Waals surface area contributed by atoms with Crippen molar-refractivity contribution in [3.8, 4) is 5.75 Å². The first-order valence-corrected chi connectivity index (χ1v) is 9.05. The lowest BCUT2D eigenvalue weighted by Crippen LogP contribution is -2.35. The smallest absolute Gasteiger partial charge is 0.243 e. The number of hydrogen-bond donors (Lipinski definition) is 1. The van der Waals surface area contributed by atoms with Crippen LogP contribution in [0, 0.1) is 0 Å². The molecule has 23 heavy (non-hydrogen) atoms. The highest BCUT2D eigenvalue weighted by molar-refractivity contribution is 7.89. The Labute approximate surface area is 136 Å². The fourth-order valence-corrected chi connectivity index (χ4v) is 4.18. The van der Waals surface area contributed by atoms with Gasteiger partial charge in [0, 0.05) is 26.1 Å². The molecule has 0 amide bonds. The number of rotatable bonds is 6. The van der Waals surface area contributed by atoms with Crippen molar-refractivity contribution in [2.24, 2.45) is 5.73 Å². The molecule has 6 heteroatoms. The Morgan fingerprint density at radius 1 is 1.13 bits per heavy atom. The number of nitrogens with zero attached hydrogens (tertiary/aromatic N) is 1. The molecule has 0 fully saturated rings. The number of hydrogen-bond acceptors (Lipinski definition) is 4. The van der Waals surface area contributed by atoms with E-state index >= 15 is 0 Å². The summed E-state index contributed by atoms with van der Waals surface area (Å²) >= 11 is 0. The second kappa shape index (κ2) is 6.70. The second-order valence-electron chi connectivity index (χ2n) is 5.48. The maximum absolute atomic E-state index is 13.0. The Hall–Kier alpha value is -1.89. The summed E-state index contributed by atoms with van der Waals surface area (Å²) in [6.45, 7) is 1.48. The maximum atomic E-state index is 13.0. The van der Waals surface area contributed by atoms with Gasteiger partial charge in [0.15, 0.2) is 0 Å². The van der Waals surface area contributed by atoms with Crippen molar-refractivity contribution < 1.29 is 13.2 Å². The molecule has 0 unspecified atom stereocenters. The van der Waals surface area contributed by atoms with Gasteiger partial charge in [-0.1, -0.05) is 30.3 Å². The lowest BCUT2D eigenvalue weighted by atomic mass is 10.2. The first-order valence-electron chi connectivity index (χ1n) is 7.61. The van der Waals surface area contributed by atoms with Crippen LogP contribution in [0.5, 0.6) is 5.75 Å². The van der Waals surface area contributed by atoms with Crippen LogP contribution in [-0.2, 0) is 23.0 Å². The highest BCUT2D eigenvalue weighted by atomic mass is 32.2. The zero-order valence-electron chi connectivity index (χ0n) is 12.8. The molecule has 0 radical (unpaired) electrons. The van der Waals surface area contributed by atoms with Crippen molar-refractivity contribution in [3.05, 3.63) is 59.7 Å². The fourth-order valence-electron chi connectivity index (χ4n) is 2.69. The zero-order valence-corrected chi connectivity index (χ0v) is 13.6. The summed E-state index contributed by atoms with van der Waals surface area (Å²) in [6.07, 6.45) is 0.744. The Morgan fingerprint density at radius 3 is 2.65 bits per heavy atom. The van der Waals surface area contributed by atoms with Crippen LogP contribution in [-0.4, -0.2) is 32.4 Å². The number of fused-ring (bicyclic) bond motifs is 1. The molecule has 1 aliphatic rings. The summed E-state index contributed by atoms with van der Waals surface area (Å²) in [7, 11) is -3.59. The molecule has 3 rings (SSSR count). The van der Waals surface area contributed by atoms with Crippen molar-refractivity contribution in [2.45, 2.75) is 17.9 Å². The number of ether oxygens (including phenoxy) is 1. The summed E-state index contributed by atoms with van der Waals surface area (Å²) in [5, 5.41) is 0. The van der Waals surface area contributed by atoms with Crippen molar-refractivity contribution in [3.63, 3.8) is 0 Å². The Kier molecular flexibility index (Phi) is 4.66. The van der Waals surface area contributed by atoms with Crippen LogP contribution in [0.1, 0.15) is 11.1 Å². The molecule has 2 N–H and O–H groups in total. The first kappa shape index (κ1) is 16.0. The van der Waals surface area contributed by atoms with Crippen molar-refractivity contribution in [1.82, 2.24) is 4.31 Å². The summed E-state index contributed by atoms with van der Waals surface area (Å²) < 4.78 is 32.8. The molecule has 0 aromatic heterocycles. The van der Waals surface area contributed by atoms with E-state index in [1.165, 1.54) is 4.31 Å². The van der Waals surface area contributed by atoms with E-state index in [0.29, 0.717) is 18.0 Å². The minimum atomic E-state index is -3.59. The van der Waals surface area contributed by atoms with E-state index in [-0.39, 0.29) is 13.1 Å². The average Bonchev–Trinajstić information content (AvgIpc) is 3.03. The third-order valence-electron chi connectivity index (χ3n) is 3.88. The van der Waals surface area contributed by atoms with Gasteiger partial charge in [0.25, 0.3) is 0 Å². The zero-order chi connectivity index (χ0) is 16.3. The van der Waals surface area contributed by atoms with Gasteiger partial charge in [0.1, 0.15) is 5.75 Å². The predicted molar refractivity (Wildman–Crippen MR) is 88.7 cm³/mol. The van der Waals surface area contributed by atoms with Crippen LogP contribution in [0.15, 0.2) is 53.4 Å². The molecule has 0 spiro atoms. The van der Waals surface area contributed by atoms with Crippen LogP contribution in [0.4, 0.5) is 0 Å². The molecular formula is C17H20N2O3S. The molecule has 0 saturated carbocycles. The van der Waals surface area contributed by atoms with E-state index in [1.54, 1.807) is 18.2 Å². The number of sulfonamides is 1. The predicted octanol–water partition coefficient (Wildman–Crippen LogP) is 1.77. The monoisotopic (exact) mass is 332 g/mol. The van der Waals surface area contributed by atoms with Gasteiger partial charge in [0.05, 0.1) is 11.5 Å². The fraction of sp³-hybridized carbons (Fsp3) is 0.294. The summed E-state index contributed by atoms with van der Waals surface area (Å²) in [4.78, 5) is 0.297. The summed E-state index contributed by atoms with van der Waals surface area (Å²) in [5.41, 5.74) is 7.50. The van der Waals surface area contributed by atoms with Gasteiger partial charge in [-0.25, -0.2) is 8.42 Å². The Morgan fingerprint density at radius 2 is 1.91 bits per heavy atom. The quantitative estimate of drug-likeness (QED) is 0.875. The lowest BCUT2D eigenvalue weighted by Gasteiger charge is -2.22. The molecule has 1 aliphatic heterocycles. The minimum Gasteiger partial charge on any atom is -0.493 e. The highest BCUT2D eigenvalue weighted by Crippen LogP contribution is 2.29.